The second-order valence-electron chi connectivity index (χ2n) is 16.5. The van der Waals surface area contributed by atoms with Crippen LogP contribution in [0.2, 0.25) is 0 Å². The topological polar surface area (TPSA) is 166 Å². The predicted octanol–water partition coefficient (Wildman–Crippen LogP) is 7.43. The van der Waals surface area contributed by atoms with Gasteiger partial charge in [0.25, 0.3) is 5.91 Å². The second kappa shape index (κ2) is 16.4. The van der Waals surface area contributed by atoms with Crippen molar-refractivity contribution in [2.24, 2.45) is 5.92 Å². The minimum absolute atomic E-state index is 0.0598. The standard InChI is InChI=1S/C45H50N8O6/c1-45(2,3)59-44(57)51-26-33(27-51)41(54)52-22-8-12-36(52)39-46-24-34(48-39)30-18-14-28(15-19-30)29-16-20-31(21-17-29)35-25-47-40(49-35)37-13-9-23-53(37)42(55)38(50-43(56)58-4)32-10-6-5-7-11-32/h5-7,10-11,14-21,24-25,33,36-38H,8-9,12-13,22-23,26-27H2,1-4H3,(H,46,48)(H,47,49)(H,50,56)/t36-,37-,38+/m0/s1. The van der Waals surface area contributed by atoms with E-state index in [1.807, 2.05) is 62.2 Å². The van der Waals surface area contributed by atoms with Gasteiger partial charge in [-0.15, -0.1) is 0 Å². The molecule has 0 bridgehead atoms. The number of hydrogen-bond acceptors (Lipinski definition) is 8. The Morgan fingerprint density at radius 3 is 1.76 bits per heavy atom. The average Bonchev–Trinajstić information content (AvgIpc) is 4.06. The Labute approximate surface area is 343 Å². The molecule has 0 aliphatic carbocycles. The molecule has 2 aromatic heterocycles. The number of methoxy groups -OCH3 is 1. The van der Waals surface area contributed by atoms with Gasteiger partial charge in [-0.2, -0.15) is 0 Å². The van der Waals surface area contributed by atoms with Gasteiger partial charge in [-0.1, -0.05) is 78.9 Å². The lowest BCUT2D eigenvalue weighted by atomic mass is 9.98. The van der Waals surface area contributed by atoms with Crippen molar-refractivity contribution in [2.45, 2.75) is 70.2 Å². The number of benzene rings is 3. The number of carbonyl (C=O) groups excluding carboxylic acids is 4. The second-order valence-corrected chi connectivity index (χ2v) is 16.5. The zero-order chi connectivity index (χ0) is 41.3. The first kappa shape index (κ1) is 39.4. The SMILES string of the molecule is COC(=O)N[C@@H](C(=O)N1CCC[C@H]1c1ncc(-c2ccc(-c3ccc(-c4cnc([C@@H]5CCCN5C(=O)C5CN(C(=O)OC(C)(C)C)C5)[nH]4)cc3)cc2)[nH]1)c1ccccc1. The molecule has 3 N–H and O–H groups in total. The maximum atomic E-state index is 13.9. The van der Waals surface area contributed by atoms with E-state index >= 15 is 0 Å². The zero-order valence-electron chi connectivity index (χ0n) is 33.8. The van der Waals surface area contributed by atoms with Crippen LogP contribution in [0.5, 0.6) is 0 Å². The van der Waals surface area contributed by atoms with E-state index in [1.54, 1.807) is 16.0 Å². The van der Waals surface area contributed by atoms with Crippen LogP contribution in [0, 0.1) is 5.92 Å². The minimum atomic E-state index is -0.878. The number of nitrogens with one attached hydrogen (secondary N) is 3. The molecule has 0 saturated carbocycles. The highest BCUT2D eigenvalue weighted by Crippen LogP contribution is 2.36. The van der Waals surface area contributed by atoms with Crippen molar-refractivity contribution in [1.29, 1.82) is 0 Å². The van der Waals surface area contributed by atoms with E-state index in [-0.39, 0.29) is 35.9 Å². The number of rotatable bonds is 9. The number of hydrogen-bond donors (Lipinski definition) is 3. The smallest absolute Gasteiger partial charge is 0.410 e. The number of alkyl carbamates (subject to hydrolysis) is 1. The van der Waals surface area contributed by atoms with Gasteiger partial charge in [0.1, 0.15) is 23.3 Å². The molecule has 8 rings (SSSR count). The van der Waals surface area contributed by atoms with Crippen LogP contribution in [0.4, 0.5) is 9.59 Å². The summed E-state index contributed by atoms with van der Waals surface area (Å²) in [6.07, 6.45) is 5.89. The summed E-state index contributed by atoms with van der Waals surface area (Å²) in [4.78, 5) is 73.6. The first-order valence-corrected chi connectivity index (χ1v) is 20.2. The average molecular weight is 799 g/mol. The fraction of sp³-hybridized carbons (Fsp3) is 0.378. The van der Waals surface area contributed by atoms with Crippen molar-refractivity contribution in [3.63, 3.8) is 0 Å². The minimum Gasteiger partial charge on any atom is -0.453 e. The van der Waals surface area contributed by atoms with Crippen molar-refractivity contribution in [2.75, 3.05) is 33.3 Å². The number of imidazole rings is 2. The van der Waals surface area contributed by atoms with E-state index in [4.69, 9.17) is 19.4 Å². The van der Waals surface area contributed by atoms with Gasteiger partial charge < -0.3 is 39.5 Å². The third-order valence-corrected chi connectivity index (χ3v) is 11.3. The molecular formula is C45H50N8O6. The molecule has 0 spiro atoms. The van der Waals surface area contributed by atoms with Gasteiger partial charge in [-0.05, 0) is 74.3 Å². The molecular weight excluding hydrogens is 749 g/mol. The third-order valence-electron chi connectivity index (χ3n) is 11.3. The summed E-state index contributed by atoms with van der Waals surface area (Å²) in [7, 11) is 1.28. The molecule has 5 heterocycles. The van der Waals surface area contributed by atoms with Gasteiger partial charge in [0.2, 0.25) is 5.91 Å². The lowest BCUT2D eigenvalue weighted by Crippen LogP contribution is -2.57. The van der Waals surface area contributed by atoms with E-state index in [1.165, 1.54) is 7.11 Å². The third kappa shape index (κ3) is 8.43. The zero-order valence-corrected chi connectivity index (χ0v) is 33.8. The highest BCUT2D eigenvalue weighted by Gasteiger charge is 2.43. The van der Waals surface area contributed by atoms with Crippen LogP contribution in [0.1, 0.15) is 81.8 Å². The molecule has 4 amide bonds. The molecule has 14 nitrogen and oxygen atoms in total. The molecule has 59 heavy (non-hydrogen) atoms. The fourth-order valence-corrected chi connectivity index (χ4v) is 8.24. The summed E-state index contributed by atoms with van der Waals surface area (Å²) in [6, 6.07) is 24.5. The molecule has 306 valence electrons. The molecule has 3 aliphatic heterocycles. The van der Waals surface area contributed by atoms with Crippen molar-refractivity contribution < 1.29 is 28.7 Å². The highest BCUT2D eigenvalue weighted by molar-refractivity contribution is 5.87. The molecule has 3 aliphatic rings. The maximum absolute atomic E-state index is 13.9. The van der Waals surface area contributed by atoms with Gasteiger partial charge in [-0.25, -0.2) is 19.6 Å². The van der Waals surface area contributed by atoms with Crippen molar-refractivity contribution in [1.82, 2.24) is 40.0 Å². The number of nitrogens with zero attached hydrogens (tertiary/aromatic N) is 5. The van der Waals surface area contributed by atoms with Gasteiger partial charge in [0.15, 0.2) is 0 Å². The summed E-state index contributed by atoms with van der Waals surface area (Å²) in [5.74, 6) is 1.10. The van der Waals surface area contributed by atoms with Crippen LogP contribution in [0.3, 0.4) is 0 Å². The molecule has 5 aromatic rings. The number of ether oxygens (including phenoxy) is 2. The van der Waals surface area contributed by atoms with Gasteiger partial charge in [0.05, 0.1) is 48.9 Å². The summed E-state index contributed by atoms with van der Waals surface area (Å²) in [6.45, 7) is 7.48. The van der Waals surface area contributed by atoms with Crippen LogP contribution in [-0.2, 0) is 19.1 Å². The summed E-state index contributed by atoms with van der Waals surface area (Å²) in [5, 5.41) is 2.71. The van der Waals surface area contributed by atoms with Crippen LogP contribution in [-0.4, -0.2) is 97.5 Å². The summed E-state index contributed by atoms with van der Waals surface area (Å²) >= 11 is 0. The summed E-state index contributed by atoms with van der Waals surface area (Å²) < 4.78 is 10.3. The quantitative estimate of drug-likeness (QED) is 0.139. The molecule has 3 aromatic carbocycles. The summed E-state index contributed by atoms with van der Waals surface area (Å²) in [5.41, 5.74) is 5.92. The molecule has 0 radical (unpaired) electrons. The normalized spacial score (nSPS) is 18.7. The molecule has 3 fully saturated rings. The van der Waals surface area contributed by atoms with Crippen molar-refractivity contribution in [3.05, 3.63) is 108 Å². The fourth-order valence-electron chi connectivity index (χ4n) is 8.24. The predicted molar refractivity (Wildman–Crippen MR) is 220 cm³/mol. The highest BCUT2D eigenvalue weighted by atomic mass is 16.6. The van der Waals surface area contributed by atoms with Gasteiger partial charge >= 0.3 is 12.2 Å². The van der Waals surface area contributed by atoms with Crippen LogP contribution >= 0.6 is 0 Å². The monoisotopic (exact) mass is 798 g/mol. The Hall–Kier alpha value is -6.44. The van der Waals surface area contributed by atoms with E-state index in [9.17, 15) is 19.2 Å². The number of aromatic nitrogens is 4. The molecule has 3 atom stereocenters. The van der Waals surface area contributed by atoms with E-state index < -0.39 is 17.7 Å². The lowest BCUT2D eigenvalue weighted by Gasteiger charge is -2.41. The Kier molecular flexibility index (Phi) is 11.0. The lowest BCUT2D eigenvalue weighted by molar-refractivity contribution is -0.141. The van der Waals surface area contributed by atoms with Crippen LogP contribution in [0.25, 0.3) is 33.6 Å². The number of aromatic amines is 2. The Balaban J connectivity index is 0.891. The van der Waals surface area contributed by atoms with Crippen molar-refractivity contribution in [3.8, 4) is 33.6 Å². The number of likely N-dealkylation sites (tertiary alicyclic amines) is 3. The van der Waals surface area contributed by atoms with Crippen molar-refractivity contribution >= 4 is 24.0 Å². The molecule has 0 unspecified atom stereocenters. The Morgan fingerprint density at radius 1 is 0.729 bits per heavy atom. The van der Waals surface area contributed by atoms with Crippen LogP contribution in [0.15, 0.2) is 91.3 Å². The first-order chi connectivity index (χ1) is 28.5. The van der Waals surface area contributed by atoms with Crippen LogP contribution < -0.4 is 5.32 Å². The maximum Gasteiger partial charge on any atom is 0.410 e. The number of amides is 4. The molecule has 3 saturated heterocycles. The van der Waals surface area contributed by atoms with Gasteiger partial charge in [0, 0.05) is 26.2 Å². The Bertz CT molecular complexity index is 2290. The van der Waals surface area contributed by atoms with E-state index in [2.05, 4.69) is 63.8 Å². The van der Waals surface area contributed by atoms with E-state index in [0.717, 1.165) is 65.1 Å². The van der Waals surface area contributed by atoms with Gasteiger partial charge in [-0.3, -0.25) is 9.59 Å². The number of H-pyrrole nitrogens is 2. The Morgan fingerprint density at radius 2 is 1.24 bits per heavy atom. The molecule has 14 heteroatoms. The first-order valence-electron chi connectivity index (χ1n) is 20.2. The largest absolute Gasteiger partial charge is 0.453 e. The van der Waals surface area contributed by atoms with E-state index in [0.29, 0.717) is 37.6 Å². The number of carbonyl (C=O) groups is 4.